The Morgan fingerprint density at radius 2 is 2.08 bits per heavy atom. The van der Waals surface area contributed by atoms with Crippen LogP contribution in [-0.4, -0.2) is 10.4 Å². The molecule has 0 radical (unpaired) electrons. The van der Waals surface area contributed by atoms with Crippen molar-refractivity contribution in [2.24, 2.45) is 0 Å². The molecule has 0 aliphatic heterocycles. The molecule has 1 aromatic carbocycles. The Morgan fingerprint density at radius 1 is 1.38 bits per heavy atom. The van der Waals surface area contributed by atoms with Gasteiger partial charge in [-0.15, -0.1) is 0 Å². The highest BCUT2D eigenvalue weighted by molar-refractivity contribution is 7.99. The standard InChI is InChI=1S/C11H16OS/c1-8(2)13-7-10-4-5-11(12)6-9(10)3/h4-6,8,12H,7H2,1-3H3. The van der Waals surface area contributed by atoms with Gasteiger partial charge in [0, 0.05) is 5.75 Å². The van der Waals surface area contributed by atoms with Crippen molar-refractivity contribution >= 4 is 11.8 Å². The molecule has 0 bridgehead atoms. The van der Waals surface area contributed by atoms with Crippen molar-refractivity contribution < 1.29 is 5.11 Å². The number of phenols is 1. The lowest BCUT2D eigenvalue weighted by Crippen LogP contribution is -1.91. The van der Waals surface area contributed by atoms with E-state index in [1.165, 1.54) is 11.1 Å². The van der Waals surface area contributed by atoms with Crippen molar-refractivity contribution in [1.29, 1.82) is 0 Å². The van der Waals surface area contributed by atoms with Crippen LogP contribution in [0.15, 0.2) is 18.2 Å². The van der Waals surface area contributed by atoms with Gasteiger partial charge < -0.3 is 5.11 Å². The molecule has 0 heterocycles. The first-order chi connectivity index (χ1) is 6.09. The molecule has 72 valence electrons. The number of rotatable bonds is 3. The number of aromatic hydroxyl groups is 1. The second kappa shape index (κ2) is 4.56. The van der Waals surface area contributed by atoms with Crippen LogP contribution in [0.1, 0.15) is 25.0 Å². The largest absolute Gasteiger partial charge is 0.508 e. The summed E-state index contributed by atoms with van der Waals surface area (Å²) in [6, 6.07) is 5.57. The number of benzene rings is 1. The van der Waals surface area contributed by atoms with Gasteiger partial charge in [-0.3, -0.25) is 0 Å². The van der Waals surface area contributed by atoms with Crippen LogP contribution >= 0.6 is 11.8 Å². The molecule has 13 heavy (non-hydrogen) atoms. The van der Waals surface area contributed by atoms with Crippen LogP contribution < -0.4 is 0 Å². The summed E-state index contributed by atoms with van der Waals surface area (Å²) < 4.78 is 0. The van der Waals surface area contributed by atoms with E-state index in [1.54, 1.807) is 6.07 Å². The third-order valence-corrected chi connectivity index (χ3v) is 3.04. The summed E-state index contributed by atoms with van der Waals surface area (Å²) in [4.78, 5) is 0. The first-order valence-electron chi connectivity index (χ1n) is 4.49. The molecule has 0 saturated heterocycles. The number of aryl methyl sites for hydroxylation is 1. The molecule has 0 aliphatic rings. The van der Waals surface area contributed by atoms with Gasteiger partial charge in [0.05, 0.1) is 0 Å². The van der Waals surface area contributed by atoms with Crippen LogP contribution in [0.3, 0.4) is 0 Å². The molecule has 0 aliphatic carbocycles. The maximum Gasteiger partial charge on any atom is 0.115 e. The Labute approximate surface area is 84.2 Å². The van der Waals surface area contributed by atoms with E-state index in [2.05, 4.69) is 13.8 Å². The number of hydrogen-bond acceptors (Lipinski definition) is 2. The summed E-state index contributed by atoms with van der Waals surface area (Å²) in [6.45, 7) is 6.43. The minimum absolute atomic E-state index is 0.357. The quantitative estimate of drug-likeness (QED) is 0.800. The van der Waals surface area contributed by atoms with Crippen LogP contribution in [0.5, 0.6) is 5.75 Å². The van der Waals surface area contributed by atoms with E-state index in [-0.39, 0.29) is 0 Å². The first-order valence-corrected chi connectivity index (χ1v) is 5.54. The van der Waals surface area contributed by atoms with E-state index in [1.807, 2.05) is 30.8 Å². The highest BCUT2D eigenvalue weighted by Crippen LogP contribution is 2.22. The molecule has 1 aromatic rings. The average molecular weight is 196 g/mol. The Bertz CT molecular complexity index is 281. The monoisotopic (exact) mass is 196 g/mol. The third-order valence-electron chi connectivity index (χ3n) is 1.90. The molecule has 0 aromatic heterocycles. The fraction of sp³-hybridized carbons (Fsp3) is 0.455. The van der Waals surface area contributed by atoms with E-state index in [0.717, 1.165) is 5.75 Å². The smallest absolute Gasteiger partial charge is 0.115 e. The number of thioether (sulfide) groups is 1. The zero-order chi connectivity index (χ0) is 9.84. The van der Waals surface area contributed by atoms with Crippen molar-refractivity contribution in [1.82, 2.24) is 0 Å². The van der Waals surface area contributed by atoms with E-state index >= 15 is 0 Å². The Morgan fingerprint density at radius 3 is 2.62 bits per heavy atom. The summed E-state index contributed by atoms with van der Waals surface area (Å²) in [5, 5.41) is 9.87. The lowest BCUT2D eigenvalue weighted by atomic mass is 10.1. The minimum atomic E-state index is 0.357. The topological polar surface area (TPSA) is 20.2 Å². The van der Waals surface area contributed by atoms with Crippen molar-refractivity contribution in [3.63, 3.8) is 0 Å². The van der Waals surface area contributed by atoms with Crippen LogP contribution in [0, 0.1) is 6.92 Å². The normalized spacial score (nSPS) is 10.8. The molecular weight excluding hydrogens is 180 g/mol. The van der Waals surface area contributed by atoms with Crippen molar-refractivity contribution in [2.75, 3.05) is 0 Å². The minimum Gasteiger partial charge on any atom is -0.508 e. The Hall–Kier alpha value is -0.630. The molecule has 1 N–H and O–H groups in total. The summed E-state index contributed by atoms with van der Waals surface area (Å²) in [5.74, 6) is 1.39. The van der Waals surface area contributed by atoms with Gasteiger partial charge in [0.15, 0.2) is 0 Å². The molecule has 0 unspecified atom stereocenters. The lowest BCUT2D eigenvalue weighted by Gasteiger charge is -2.07. The van der Waals surface area contributed by atoms with Crippen molar-refractivity contribution in [3.8, 4) is 5.75 Å². The summed E-state index contributed by atoms with van der Waals surface area (Å²) in [6.07, 6.45) is 0. The predicted molar refractivity (Wildman–Crippen MR) is 59.3 cm³/mol. The molecule has 0 spiro atoms. The summed E-state index contributed by atoms with van der Waals surface area (Å²) in [5.41, 5.74) is 2.49. The SMILES string of the molecule is Cc1cc(O)ccc1CSC(C)C. The average Bonchev–Trinajstić information content (AvgIpc) is 2.02. The second-order valence-electron chi connectivity index (χ2n) is 3.47. The molecular formula is C11H16OS. The second-order valence-corrected chi connectivity index (χ2v) is 5.04. The van der Waals surface area contributed by atoms with Gasteiger partial charge in [-0.05, 0) is 35.4 Å². The highest BCUT2D eigenvalue weighted by Gasteiger charge is 2.01. The van der Waals surface area contributed by atoms with Gasteiger partial charge in [-0.25, -0.2) is 0 Å². The van der Waals surface area contributed by atoms with Gasteiger partial charge in [-0.2, -0.15) is 11.8 Å². The lowest BCUT2D eigenvalue weighted by molar-refractivity contribution is 0.474. The van der Waals surface area contributed by atoms with E-state index < -0.39 is 0 Å². The molecule has 2 heteroatoms. The van der Waals surface area contributed by atoms with Crippen molar-refractivity contribution in [3.05, 3.63) is 29.3 Å². The van der Waals surface area contributed by atoms with E-state index in [4.69, 9.17) is 0 Å². The molecule has 0 saturated carbocycles. The molecule has 0 atom stereocenters. The summed E-state index contributed by atoms with van der Waals surface area (Å²) >= 11 is 1.92. The Balaban J connectivity index is 2.67. The maximum absolute atomic E-state index is 9.21. The number of phenolic OH excluding ortho intramolecular Hbond substituents is 1. The third kappa shape index (κ3) is 3.31. The predicted octanol–water partition coefficient (Wildman–Crippen LogP) is 3.34. The van der Waals surface area contributed by atoms with Gasteiger partial charge >= 0.3 is 0 Å². The van der Waals surface area contributed by atoms with Crippen LogP contribution in [0.4, 0.5) is 0 Å². The molecule has 0 amide bonds. The van der Waals surface area contributed by atoms with Crippen LogP contribution in [-0.2, 0) is 5.75 Å². The van der Waals surface area contributed by atoms with Gasteiger partial charge in [0.2, 0.25) is 0 Å². The molecule has 0 fully saturated rings. The van der Waals surface area contributed by atoms with E-state index in [0.29, 0.717) is 11.0 Å². The highest BCUT2D eigenvalue weighted by atomic mass is 32.2. The van der Waals surface area contributed by atoms with Gasteiger partial charge in [0.25, 0.3) is 0 Å². The number of hydrogen-bond donors (Lipinski definition) is 1. The maximum atomic E-state index is 9.21. The Kier molecular flexibility index (Phi) is 3.67. The summed E-state index contributed by atoms with van der Waals surface area (Å²) in [7, 11) is 0. The fourth-order valence-corrected chi connectivity index (χ4v) is 1.94. The van der Waals surface area contributed by atoms with Gasteiger partial charge in [0.1, 0.15) is 5.75 Å². The zero-order valence-corrected chi connectivity index (χ0v) is 9.19. The molecule has 1 rings (SSSR count). The fourth-order valence-electron chi connectivity index (χ4n) is 1.10. The zero-order valence-electron chi connectivity index (χ0n) is 8.37. The van der Waals surface area contributed by atoms with Crippen LogP contribution in [0.25, 0.3) is 0 Å². The van der Waals surface area contributed by atoms with Crippen molar-refractivity contribution in [2.45, 2.75) is 31.8 Å². The van der Waals surface area contributed by atoms with Crippen LogP contribution in [0.2, 0.25) is 0 Å². The first kappa shape index (κ1) is 10.5. The van der Waals surface area contributed by atoms with Gasteiger partial charge in [-0.1, -0.05) is 19.9 Å². The van der Waals surface area contributed by atoms with E-state index in [9.17, 15) is 5.11 Å². The molecule has 1 nitrogen and oxygen atoms in total.